The third-order valence-electron chi connectivity index (χ3n) is 10.7. The van der Waals surface area contributed by atoms with Gasteiger partial charge in [-0.05, 0) is 90.6 Å². The Labute approximate surface area is 196 Å². The van der Waals surface area contributed by atoms with E-state index in [1.165, 1.54) is 51.4 Å². The minimum atomic E-state index is -0.171. The molecule has 0 amide bonds. The smallest absolute Gasteiger partial charge is 0.138 e. The summed E-state index contributed by atoms with van der Waals surface area (Å²) in [7, 11) is 0. The average molecular weight is 436 g/mol. The first-order valence-electron chi connectivity index (χ1n) is 13.4. The summed E-state index contributed by atoms with van der Waals surface area (Å²) in [6, 6.07) is 2.33. The third-order valence-corrected chi connectivity index (χ3v) is 10.7. The van der Waals surface area contributed by atoms with Crippen molar-refractivity contribution in [2.45, 2.75) is 112 Å². The second-order valence-corrected chi connectivity index (χ2v) is 12.9. The highest BCUT2D eigenvalue weighted by atomic mass is 16.1. The number of fused-ring (bicyclic) bond motifs is 4. The monoisotopic (exact) mass is 435 g/mol. The Bertz CT molecular complexity index is 870. The zero-order chi connectivity index (χ0) is 23.3. The molecule has 2 heteroatoms. The number of Topliss-reactive ketones (excluding diaryl/α,β-unsaturated/α-hetero) is 1. The van der Waals surface area contributed by atoms with Gasteiger partial charge in [-0.3, -0.25) is 4.79 Å². The van der Waals surface area contributed by atoms with Crippen LogP contribution >= 0.6 is 0 Å². The molecule has 0 N–H and O–H groups in total. The van der Waals surface area contributed by atoms with Crippen LogP contribution in [0.3, 0.4) is 0 Å². The zero-order valence-corrected chi connectivity index (χ0v) is 21.5. The summed E-state index contributed by atoms with van der Waals surface area (Å²) in [5.74, 6) is 3.02. The number of carbonyl (C=O) groups excluding carboxylic acids is 1. The topological polar surface area (TPSA) is 40.9 Å². The molecule has 32 heavy (non-hydrogen) atoms. The second kappa shape index (κ2) is 8.45. The average Bonchev–Trinajstić information content (AvgIpc) is 3.08. The van der Waals surface area contributed by atoms with Crippen molar-refractivity contribution in [3.05, 3.63) is 22.8 Å². The number of hydrogen-bond donors (Lipinski definition) is 0. The molecule has 0 heterocycles. The van der Waals surface area contributed by atoms with Crippen molar-refractivity contribution in [1.82, 2.24) is 0 Å². The first-order chi connectivity index (χ1) is 15.1. The number of rotatable bonds is 6. The van der Waals surface area contributed by atoms with Crippen LogP contribution in [0.1, 0.15) is 112 Å². The van der Waals surface area contributed by atoms with Crippen LogP contribution in [0.5, 0.6) is 0 Å². The molecule has 0 aromatic carbocycles. The van der Waals surface area contributed by atoms with E-state index in [2.05, 4.69) is 53.7 Å². The van der Waals surface area contributed by atoms with E-state index < -0.39 is 0 Å². The van der Waals surface area contributed by atoms with Gasteiger partial charge in [-0.2, -0.15) is 5.26 Å². The highest BCUT2D eigenvalue weighted by molar-refractivity contribution is 5.86. The van der Waals surface area contributed by atoms with Crippen molar-refractivity contribution in [3.8, 4) is 6.07 Å². The summed E-state index contributed by atoms with van der Waals surface area (Å²) in [6.07, 6.45) is 15.0. The molecule has 6 atom stereocenters. The summed E-state index contributed by atoms with van der Waals surface area (Å²) < 4.78 is 0. The van der Waals surface area contributed by atoms with E-state index in [9.17, 15) is 4.79 Å². The molecule has 4 rings (SSSR count). The number of ketones is 1. The maximum Gasteiger partial charge on any atom is 0.138 e. The molecule has 176 valence electrons. The molecular formula is C30H45NO. The lowest BCUT2D eigenvalue weighted by molar-refractivity contribution is -0.139. The maximum absolute atomic E-state index is 12.7. The molecule has 0 radical (unpaired) electrons. The summed E-state index contributed by atoms with van der Waals surface area (Å²) in [5.41, 5.74) is 5.52. The van der Waals surface area contributed by atoms with Crippen LogP contribution in [0.25, 0.3) is 0 Å². The van der Waals surface area contributed by atoms with E-state index in [-0.39, 0.29) is 10.8 Å². The molecule has 2 nitrogen and oxygen atoms in total. The highest BCUT2D eigenvalue weighted by Gasteiger charge is 2.57. The predicted molar refractivity (Wildman–Crippen MR) is 132 cm³/mol. The fourth-order valence-corrected chi connectivity index (χ4v) is 8.64. The van der Waals surface area contributed by atoms with Crippen LogP contribution in [0.15, 0.2) is 22.8 Å². The molecule has 4 aliphatic rings. The molecule has 0 spiro atoms. The van der Waals surface area contributed by atoms with E-state index in [4.69, 9.17) is 5.26 Å². The largest absolute Gasteiger partial charge is 0.299 e. The second-order valence-electron chi connectivity index (χ2n) is 12.9. The molecule has 0 saturated heterocycles. The van der Waals surface area contributed by atoms with Crippen LogP contribution in [-0.2, 0) is 4.79 Å². The van der Waals surface area contributed by atoms with Gasteiger partial charge in [0.15, 0.2) is 0 Å². The normalized spacial score (nSPS) is 37.7. The van der Waals surface area contributed by atoms with Crippen LogP contribution < -0.4 is 0 Å². The van der Waals surface area contributed by atoms with Gasteiger partial charge in [0.25, 0.3) is 0 Å². The van der Waals surface area contributed by atoms with Gasteiger partial charge >= 0.3 is 0 Å². The van der Waals surface area contributed by atoms with Crippen molar-refractivity contribution in [3.63, 3.8) is 0 Å². The molecule has 1 unspecified atom stereocenters. The van der Waals surface area contributed by atoms with Gasteiger partial charge in [0.1, 0.15) is 5.78 Å². The first-order valence-corrected chi connectivity index (χ1v) is 13.4. The lowest BCUT2D eigenvalue weighted by Crippen LogP contribution is -2.51. The first kappa shape index (κ1) is 23.8. The van der Waals surface area contributed by atoms with E-state index in [0.717, 1.165) is 24.7 Å². The summed E-state index contributed by atoms with van der Waals surface area (Å²) >= 11 is 0. The number of nitrogens with zero attached hydrogens (tertiary/aromatic N) is 1. The van der Waals surface area contributed by atoms with Gasteiger partial charge in [-0.1, -0.05) is 66.0 Å². The van der Waals surface area contributed by atoms with E-state index in [1.54, 1.807) is 16.7 Å². The molecule has 0 bridgehead atoms. The number of carbonyl (C=O) groups is 1. The van der Waals surface area contributed by atoms with Crippen LogP contribution in [0.2, 0.25) is 0 Å². The molecular weight excluding hydrogens is 390 g/mol. The lowest BCUT2D eigenvalue weighted by Gasteiger charge is -2.57. The number of nitriles is 1. The standard InChI is InChI=1S/C30H45NO/c1-20(16-19-31)8-7-9-21(2)23-11-12-24-22-10-13-26-28(3,4)27(32)15-18-30(26,6)25(22)14-17-29(23,24)5/h12,20-21,23,26H,7-11,13-18H2,1-6H3/t20?,21-,23-,26+,29-,30-/m1/s1. The number of hydrogen-bond acceptors (Lipinski definition) is 2. The Morgan fingerprint density at radius 1 is 1.06 bits per heavy atom. The van der Waals surface area contributed by atoms with E-state index >= 15 is 0 Å². The fraction of sp³-hybridized carbons (Fsp3) is 0.800. The SMILES string of the molecule is CC(CC#N)CCC[C@@H](C)[C@H]1CC=C2C3=C(CC[C@@]21C)[C@@]1(C)CCC(=O)C(C)(C)[C@@H]1CC3. The zero-order valence-electron chi connectivity index (χ0n) is 21.5. The molecule has 1 saturated carbocycles. The molecule has 1 fully saturated rings. The molecule has 4 aliphatic carbocycles. The minimum absolute atomic E-state index is 0.171. The van der Waals surface area contributed by atoms with Gasteiger partial charge < -0.3 is 0 Å². The number of allylic oxidation sites excluding steroid dienone is 4. The van der Waals surface area contributed by atoms with E-state index in [1.807, 2.05) is 0 Å². The summed E-state index contributed by atoms with van der Waals surface area (Å²) in [6.45, 7) is 14.2. The maximum atomic E-state index is 12.7. The Balaban J connectivity index is 1.52. The minimum Gasteiger partial charge on any atom is -0.299 e. The van der Waals surface area contributed by atoms with Crippen molar-refractivity contribution >= 4 is 5.78 Å². The fourth-order valence-electron chi connectivity index (χ4n) is 8.64. The van der Waals surface area contributed by atoms with E-state index in [0.29, 0.717) is 29.5 Å². The molecule has 0 aromatic rings. The molecule has 0 aromatic heterocycles. The van der Waals surface area contributed by atoms with Crippen LogP contribution in [0.4, 0.5) is 0 Å². The van der Waals surface area contributed by atoms with Gasteiger partial charge in [-0.15, -0.1) is 0 Å². The van der Waals surface area contributed by atoms with Crippen molar-refractivity contribution < 1.29 is 4.79 Å². The Morgan fingerprint density at radius 3 is 2.50 bits per heavy atom. The highest BCUT2D eigenvalue weighted by Crippen LogP contribution is 2.66. The Hall–Kier alpha value is -1.36. The van der Waals surface area contributed by atoms with Crippen molar-refractivity contribution in [2.75, 3.05) is 0 Å². The van der Waals surface area contributed by atoms with Crippen LogP contribution in [0, 0.1) is 51.2 Å². The summed E-state index contributed by atoms with van der Waals surface area (Å²) in [4.78, 5) is 12.7. The molecule has 0 aliphatic heterocycles. The van der Waals surface area contributed by atoms with Crippen molar-refractivity contribution in [1.29, 1.82) is 5.26 Å². The van der Waals surface area contributed by atoms with Gasteiger partial charge in [-0.25, -0.2) is 0 Å². The lowest BCUT2D eigenvalue weighted by atomic mass is 9.46. The Morgan fingerprint density at radius 2 is 1.78 bits per heavy atom. The third kappa shape index (κ3) is 3.63. The quantitative estimate of drug-likeness (QED) is 0.422. The van der Waals surface area contributed by atoms with Gasteiger partial charge in [0.2, 0.25) is 0 Å². The van der Waals surface area contributed by atoms with Gasteiger partial charge in [0.05, 0.1) is 6.07 Å². The summed E-state index contributed by atoms with van der Waals surface area (Å²) in [5, 5.41) is 8.93. The van der Waals surface area contributed by atoms with Gasteiger partial charge in [0, 0.05) is 18.3 Å². The predicted octanol–water partition coefficient (Wildman–Crippen LogP) is 8.19. The Kier molecular flexibility index (Phi) is 6.28. The van der Waals surface area contributed by atoms with Crippen LogP contribution in [-0.4, -0.2) is 5.78 Å². The van der Waals surface area contributed by atoms with Crippen molar-refractivity contribution in [2.24, 2.45) is 39.9 Å².